The number of piperidine rings is 1. The van der Waals surface area contributed by atoms with Gasteiger partial charge in [0, 0.05) is 25.7 Å². The number of nitrogens with two attached hydrogens (primary N) is 1. The molecule has 1 unspecified atom stereocenters. The molecule has 1 aromatic rings. The number of rotatable bonds is 3. The molecule has 2 amide bonds. The van der Waals surface area contributed by atoms with Crippen LogP contribution in [0.2, 0.25) is 0 Å². The van der Waals surface area contributed by atoms with Crippen molar-refractivity contribution in [1.29, 1.82) is 0 Å². The second kappa shape index (κ2) is 6.59. The lowest BCUT2D eigenvalue weighted by Gasteiger charge is -2.42. The van der Waals surface area contributed by atoms with Gasteiger partial charge in [-0.3, -0.25) is 14.5 Å². The Morgan fingerprint density at radius 2 is 1.70 bits per heavy atom. The Bertz CT molecular complexity index is 583. The van der Waals surface area contributed by atoms with Gasteiger partial charge in [0.1, 0.15) is 0 Å². The molecule has 2 aliphatic rings. The highest BCUT2D eigenvalue weighted by Crippen LogP contribution is 2.28. The Morgan fingerprint density at radius 1 is 1.13 bits per heavy atom. The molecule has 126 valence electrons. The topological polar surface area (TPSA) is 66.6 Å². The first-order chi connectivity index (χ1) is 10.4. The second-order valence-electron chi connectivity index (χ2n) is 6.97. The molecular formula is C17H24ClN3O2. The number of carbonyl (C=O) groups is 2. The van der Waals surface area contributed by atoms with Gasteiger partial charge in [-0.1, -0.05) is 26.0 Å². The number of likely N-dealkylation sites (tertiary alicyclic amines) is 1. The fourth-order valence-corrected chi connectivity index (χ4v) is 3.36. The third-order valence-corrected chi connectivity index (χ3v) is 4.91. The fraction of sp³-hybridized carbons (Fsp3) is 0.529. The van der Waals surface area contributed by atoms with Crippen LogP contribution < -0.4 is 5.73 Å². The molecule has 0 radical (unpaired) electrons. The van der Waals surface area contributed by atoms with Crippen LogP contribution >= 0.6 is 12.4 Å². The number of hydrogen-bond acceptors (Lipinski definition) is 4. The van der Waals surface area contributed by atoms with Crippen molar-refractivity contribution in [2.75, 3.05) is 26.2 Å². The average molecular weight is 338 g/mol. The van der Waals surface area contributed by atoms with E-state index in [1.54, 1.807) is 24.3 Å². The third kappa shape index (κ3) is 3.27. The predicted molar refractivity (Wildman–Crippen MR) is 91.9 cm³/mol. The van der Waals surface area contributed by atoms with Crippen molar-refractivity contribution >= 4 is 24.2 Å². The summed E-state index contributed by atoms with van der Waals surface area (Å²) in [6.45, 7) is 7.32. The Labute approximate surface area is 143 Å². The standard InChI is InChI=1S/C17H23N3O2.ClH/c1-17(2)11-19(8-7-14(17)18)9-10-20-15(21)12-5-3-4-6-13(12)16(20)22;/h3-6,14H,7-11,18H2,1-2H3;1H. The second-order valence-corrected chi connectivity index (χ2v) is 6.97. The van der Waals surface area contributed by atoms with E-state index in [0.29, 0.717) is 24.2 Å². The highest BCUT2D eigenvalue weighted by molar-refractivity contribution is 6.21. The van der Waals surface area contributed by atoms with E-state index in [1.165, 1.54) is 4.90 Å². The summed E-state index contributed by atoms with van der Waals surface area (Å²) in [5.74, 6) is -0.345. The monoisotopic (exact) mass is 337 g/mol. The quantitative estimate of drug-likeness (QED) is 0.853. The molecule has 6 heteroatoms. The molecule has 2 heterocycles. The van der Waals surface area contributed by atoms with Gasteiger partial charge in [-0.15, -0.1) is 12.4 Å². The maximum absolute atomic E-state index is 12.3. The van der Waals surface area contributed by atoms with Crippen LogP contribution in [0.1, 0.15) is 41.0 Å². The summed E-state index contributed by atoms with van der Waals surface area (Å²) in [6.07, 6.45) is 0.953. The Balaban J connectivity index is 0.00000192. The molecule has 0 aromatic heterocycles. The lowest BCUT2D eigenvalue weighted by molar-refractivity contribution is 0.0578. The molecule has 0 saturated carbocycles. The van der Waals surface area contributed by atoms with Gasteiger partial charge < -0.3 is 10.6 Å². The molecule has 2 aliphatic heterocycles. The van der Waals surface area contributed by atoms with Crippen LogP contribution in [0.4, 0.5) is 0 Å². The molecule has 0 aliphatic carbocycles. The minimum Gasteiger partial charge on any atom is -0.327 e. The van der Waals surface area contributed by atoms with Crippen LogP contribution in [-0.4, -0.2) is 53.8 Å². The Morgan fingerprint density at radius 3 is 2.22 bits per heavy atom. The molecule has 1 saturated heterocycles. The SMILES string of the molecule is CC1(C)CN(CCN2C(=O)c3ccccc3C2=O)CCC1N.Cl. The fourth-order valence-electron chi connectivity index (χ4n) is 3.36. The molecule has 1 fully saturated rings. The summed E-state index contributed by atoms with van der Waals surface area (Å²) in [7, 11) is 0. The van der Waals surface area contributed by atoms with Crippen molar-refractivity contribution < 1.29 is 9.59 Å². The molecule has 3 rings (SSSR count). The number of fused-ring (bicyclic) bond motifs is 1. The van der Waals surface area contributed by atoms with Crippen molar-refractivity contribution in [2.45, 2.75) is 26.3 Å². The smallest absolute Gasteiger partial charge is 0.261 e. The summed E-state index contributed by atoms with van der Waals surface area (Å²) in [5, 5.41) is 0. The summed E-state index contributed by atoms with van der Waals surface area (Å²) in [4.78, 5) is 28.3. The minimum atomic E-state index is -0.173. The van der Waals surface area contributed by atoms with E-state index in [9.17, 15) is 9.59 Å². The summed E-state index contributed by atoms with van der Waals surface area (Å²) in [5.41, 5.74) is 7.26. The van der Waals surface area contributed by atoms with E-state index in [0.717, 1.165) is 19.5 Å². The summed E-state index contributed by atoms with van der Waals surface area (Å²) >= 11 is 0. The van der Waals surface area contributed by atoms with Crippen LogP contribution in [0.15, 0.2) is 24.3 Å². The highest BCUT2D eigenvalue weighted by Gasteiger charge is 2.37. The maximum Gasteiger partial charge on any atom is 0.261 e. The van der Waals surface area contributed by atoms with Crippen molar-refractivity contribution in [2.24, 2.45) is 11.1 Å². The zero-order valence-corrected chi connectivity index (χ0v) is 14.4. The van der Waals surface area contributed by atoms with Gasteiger partial charge in [-0.2, -0.15) is 0 Å². The number of nitrogens with zero attached hydrogens (tertiary/aromatic N) is 2. The number of imide groups is 1. The first kappa shape index (κ1) is 17.9. The van der Waals surface area contributed by atoms with Crippen LogP contribution in [0.5, 0.6) is 0 Å². The average Bonchev–Trinajstić information content (AvgIpc) is 2.73. The van der Waals surface area contributed by atoms with Crippen molar-refractivity contribution in [3.63, 3.8) is 0 Å². The van der Waals surface area contributed by atoms with Crippen LogP contribution in [-0.2, 0) is 0 Å². The molecule has 1 atom stereocenters. The van der Waals surface area contributed by atoms with Gasteiger partial charge in [0.2, 0.25) is 0 Å². The van der Waals surface area contributed by atoms with Gasteiger partial charge in [0.25, 0.3) is 11.8 Å². The predicted octanol–water partition coefficient (Wildman–Crippen LogP) is 1.76. The lowest BCUT2D eigenvalue weighted by Crippen LogP contribution is -2.53. The first-order valence-electron chi connectivity index (χ1n) is 7.83. The number of benzene rings is 1. The zero-order valence-electron chi connectivity index (χ0n) is 13.6. The van der Waals surface area contributed by atoms with Gasteiger partial charge in [-0.25, -0.2) is 0 Å². The maximum atomic E-state index is 12.3. The largest absolute Gasteiger partial charge is 0.327 e. The molecule has 0 spiro atoms. The van der Waals surface area contributed by atoms with E-state index in [-0.39, 0.29) is 35.7 Å². The van der Waals surface area contributed by atoms with Crippen LogP contribution in [0.3, 0.4) is 0 Å². The van der Waals surface area contributed by atoms with Crippen molar-refractivity contribution in [3.05, 3.63) is 35.4 Å². The van der Waals surface area contributed by atoms with E-state index in [4.69, 9.17) is 5.73 Å². The lowest BCUT2D eigenvalue weighted by atomic mass is 9.80. The number of carbonyl (C=O) groups excluding carboxylic acids is 2. The molecule has 1 aromatic carbocycles. The molecule has 5 nitrogen and oxygen atoms in total. The van der Waals surface area contributed by atoms with E-state index >= 15 is 0 Å². The van der Waals surface area contributed by atoms with E-state index < -0.39 is 0 Å². The summed E-state index contributed by atoms with van der Waals surface area (Å²) in [6, 6.07) is 7.24. The first-order valence-corrected chi connectivity index (χ1v) is 7.83. The number of hydrogen-bond donors (Lipinski definition) is 1. The molecule has 23 heavy (non-hydrogen) atoms. The zero-order chi connectivity index (χ0) is 15.9. The summed E-state index contributed by atoms with van der Waals surface area (Å²) < 4.78 is 0. The van der Waals surface area contributed by atoms with Crippen molar-refractivity contribution in [1.82, 2.24) is 9.80 Å². The number of amides is 2. The molecular weight excluding hydrogens is 314 g/mol. The molecule has 0 bridgehead atoms. The van der Waals surface area contributed by atoms with Crippen molar-refractivity contribution in [3.8, 4) is 0 Å². The van der Waals surface area contributed by atoms with Gasteiger partial charge in [0.05, 0.1) is 11.1 Å². The molecule has 2 N–H and O–H groups in total. The van der Waals surface area contributed by atoms with Crippen LogP contribution in [0.25, 0.3) is 0 Å². The third-order valence-electron chi connectivity index (χ3n) is 4.91. The Kier molecular flexibility index (Phi) is 5.14. The van der Waals surface area contributed by atoms with E-state index in [2.05, 4.69) is 18.7 Å². The minimum absolute atomic E-state index is 0. The normalized spacial score (nSPS) is 23.6. The Hall–Kier alpha value is -1.43. The van der Waals surface area contributed by atoms with Crippen LogP contribution in [0, 0.1) is 5.41 Å². The number of halogens is 1. The van der Waals surface area contributed by atoms with Gasteiger partial charge >= 0.3 is 0 Å². The van der Waals surface area contributed by atoms with Gasteiger partial charge in [-0.05, 0) is 30.5 Å². The highest BCUT2D eigenvalue weighted by atomic mass is 35.5. The van der Waals surface area contributed by atoms with Gasteiger partial charge in [0.15, 0.2) is 0 Å². The van der Waals surface area contributed by atoms with E-state index in [1.807, 2.05) is 0 Å².